The van der Waals surface area contributed by atoms with Gasteiger partial charge in [0.2, 0.25) is 0 Å². The van der Waals surface area contributed by atoms with E-state index in [0.29, 0.717) is 0 Å². The molecule has 82 valence electrons. The average Bonchev–Trinajstić information content (AvgIpc) is 2.10. The molecule has 0 amide bonds. The largest absolute Gasteiger partial charge is 0.506 e. The van der Waals surface area contributed by atoms with Crippen molar-refractivity contribution in [2.75, 3.05) is 0 Å². The van der Waals surface area contributed by atoms with Crippen LogP contribution in [0.3, 0.4) is 0 Å². The molecular weight excluding hydrogens is 323 g/mol. The molecule has 0 saturated heterocycles. The molecule has 1 aromatic heterocycles. The summed E-state index contributed by atoms with van der Waals surface area (Å²) >= 11 is 1.65. The van der Waals surface area contributed by atoms with Gasteiger partial charge in [-0.05, 0) is 22.6 Å². The second-order valence-electron chi connectivity index (χ2n) is 2.70. The Labute approximate surface area is 97.1 Å². The molecule has 0 atom stereocenters. The zero-order chi connectivity index (χ0) is 11.6. The highest BCUT2D eigenvalue weighted by molar-refractivity contribution is 14.1. The lowest BCUT2D eigenvalue weighted by molar-refractivity contribution is -0.136. The van der Waals surface area contributed by atoms with Crippen molar-refractivity contribution in [3.05, 3.63) is 21.0 Å². The number of aliphatic carboxylic acids is 1. The van der Waals surface area contributed by atoms with Crippen molar-refractivity contribution in [2.24, 2.45) is 0 Å². The van der Waals surface area contributed by atoms with E-state index in [4.69, 9.17) is 10.2 Å². The second-order valence-corrected chi connectivity index (χ2v) is 3.72. The van der Waals surface area contributed by atoms with Gasteiger partial charge in [-0.25, -0.2) is 13.8 Å². The highest BCUT2D eigenvalue weighted by Gasteiger charge is 2.22. The van der Waals surface area contributed by atoms with Crippen molar-refractivity contribution in [1.29, 1.82) is 0 Å². The third-order valence-corrected chi connectivity index (χ3v) is 2.63. The first kappa shape index (κ1) is 12.1. The molecule has 0 bridgehead atoms. The van der Waals surface area contributed by atoms with Gasteiger partial charge in [0, 0.05) is 5.56 Å². The van der Waals surface area contributed by atoms with Crippen molar-refractivity contribution < 1.29 is 23.8 Å². The zero-order valence-electron chi connectivity index (χ0n) is 7.25. The predicted octanol–water partition coefficient (Wildman–Crippen LogP) is 1.96. The summed E-state index contributed by atoms with van der Waals surface area (Å²) < 4.78 is 25.2. The lowest BCUT2D eigenvalue weighted by Crippen LogP contribution is -2.07. The molecule has 1 heterocycles. The lowest BCUT2D eigenvalue weighted by Gasteiger charge is -2.10. The van der Waals surface area contributed by atoms with Gasteiger partial charge in [-0.1, -0.05) is 0 Å². The number of halogens is 3. The average molecular weight is 329 g/mol. The van der Waals surface area contributed by atoms with E-state index in [2.05, 4.69) is 4.98 Å². The highest BCUT2D eigenvalue weighted by Crippen LogP contribution is 2.33. The van der Waals surface area contributed by atoms with E-state index in [9.17, 15) is 13.6 Å². The molecule has 0 saturated carbocycles. The molecule has 7 heteroatoms. The standard InChI is InChI=1S/C8H6F2INO3/c9-7(10)6-3(1-5(14)15)8(11)12-2-4(6)13/h2,7,13H,1H2,(H,14,15). The van der Waals surface area contributed by atoms with Gasteiger partial charge in [0.1, 0.15) is 9.45 Å². The minimum atomic E-state index is -2.92. The van der Waals surface area contributed by atoms with E-state index in [1.54, 1.807) is 22.6 Å². The van der Waals surface area contributed by atoms with Gasteiger partial charge >= 0.3 is 5.97 Å². The molecule has 0 aliphatic heterocycles. The van der Waals surface area contributed by atoms with Gasteiger partial charge in [-0.3, -0.25) is 4.79 Å². The van der Waals surface area contributed by atoms with Gasteiger partial charge < -0.3 is 10.2 Å². The molecule has 0 aromatic carbocycles. The van der Waals surface area contributed by atoms with Crippen LogP contribution in [0.1, 0.15) is 17.6 Å². The first-order chi connectivity index (χ1) is 6.93. The van der Waals surface area contributed by atoms with Crippen LogP contribution >= 0.6 is 22.6 Å². The Hall–Kier alpha value is -0.990. The van der Waals surface area contributed by atoms with E-state index >= 15 is 0 Å². The van der Waals surface area contributed by atoms with E-state index in [1.807, 2.05) is 0 Å². The predicted molar refractivity (Wildman–Crippen MR) is 54.9 cm³/mol. The molecule has 0 aliphatic rings. The number of hydrogen-bond acceptors (Lipinski definition) is 3. The van der Waals surface area contributed by atoms with Crippen molar-refractivity contribution in [2.45, 2.75) is 12.8 Å². The van der Waals surface area contributed by atoms with Crippen LogP contribution in [0.4, 0.5) is 8.78 Å². The van der Waals surface area contributed by atoms with E-state index in [1.165, 1.54) is 0 Å². The van der Waals surface area contributed by atoms with Crippen LogP contribution in [0.2, 0.25) is 0 Å². The van der Waals surface area contributed by atoms with Crippen molar-refractivity contribution in [3.63, 3.8) is 0 Å². The van der Waals surface area contributed by atoms with Crippen molar-refractivity contribution >= 4 is 28.6 Å². The van der Waals surface area contributed by atoms with Crippen LogP contribution in [-0.4, -0.2) is 21.2 Å². The Kier molecular flexibility index (Phi) is 3.77. The minimum Gasteiger partial charge on any atom is -0.506 e. The maximum absolute atomic E-state index is 12.5. The summed E-state index contributed by atoms with van der Waals surface area (Å²) in [6.07, 6.45) is -2.62. The number of pyridine rings is 1. The molecule has 15 heavy (non-hydrogen) atoms. The first-order valence-electron chi connectivity index (χ1n) is 3.79. The Morgan fingerprint density at radius 2 is 2.20 bits per heavy atom. The summed E-state index contributed by atoms with van der Waals surface area (Å²) in [7, 11) is 0. The number of carbonyl (C=O) groups is 1. The summed E-state index contributed by atoms with van der Waals surface area (Å²) in [6, 6.07) is 0. The van der Waals surface area contributed by atoms with Gasteiger partial charge in [-0.15, -0.1) is 0 Å². The summed E-state index contributed by atoms with van der Waals surface area (Å²) in [4.78, 5) is 14.1. The van der Waals surface area contributed by atoms with Crippen LogP contribution in [-0.2, 0) is 11.2 Å². The van der Waals surface area contributed by atoms with Crippen LogP contribution in [0, 0.1) is 3.70 Å². The van der Waals surface area contributed by atoms with E-state index in [-0.39, 0.29) is 9.26 Å². The maximum atomic E-state index is 12.5. The van der Waals surface area contributed by atoms with Gasteiger partial charge in [0.05, 0.1) is 18.2 Å². The number of aromatic hydroxyl groups is 1. The molecule has 0 spiro atoms. The van der Waals surface area contributed by atoms with Crippen molar-refractivity contribution in [1.82, 2.24) is 4.98 Å². The number of carboxylic acid groups (broad SMARTS) is 1. The first-order valence-corrected chi connectivity index (χ1v) is 4.87. The van der Waals surface area contributed by atoms with E-state index < -0.39 is 30.1 Å². The molecule has 0 fully saturated rings. The fourth-order valence-corrected chi connectivity index (χ4v) is 1.71. The number of nitrogens with zero attached hydrogens (tertiary/aromatic N) is 1. The summed E-state index contributed by atoms with van der Waals surface area (Å²) in [6.45, 7) is 0. The summed E-state index contributed by atoms with van der Waals surface area (Å²) in [5.41, 5.74) is -0.796. The Morgan fingerprint density at radius 3 is 2.67 bits per heavy atom. The SMILES string of the molecule is O=C(O)Cc1c(I)ncc(O)c1C(F)F. The lowest BCUT2D eigenvalue weighted by atomic mass is 10.1. The molecule has 1 aromatic rings. The van der Waals surface area contributed by atoms with Crippen LogP contribution < -0.4 is 0 Å². The van der Waals surface area contributed by atoms with Crippen LogP contribution in [0.25, 0.3) is 0 Å². The third-order valence-electron chi connectivity index (χ3n) is 1.70. The zero-order valence-corrected chi connectivity index (χ0v) is 9.40. The van der Waals surface area contributed by atoms with Crippen LogP contribution in [0.15, 0.2) is 6.20 Å². The molecule has 1 rings (SSSR count). The monoisotopic (exact) mass is 329 g/mol. The van der Waals surface area contributed by atoms with Crippen LogP contribution in [0.5, 0.6) is 5.75 Å². The number of carboxylic acids is 1. The third kappa shape index (κ3) is 2.74. The maximum Gasteiger partial charge on any atom is 0.307 e. The Bertz CT molecular complexity index is 398. The topological polar surface area (TPSA) is 70.4 Å². The van der Waals surface area contributed by atoms with Crippen molar-refractivity contribution in [3.8, 4) is 5.75 Å². The summed E-state index contributed by atoms with van der Waals surface area (Å²) in [5.74, 6) is -1.93. The fraction of sp³-hybridized carbons (Fsp3) is 0.250. The number of alkyl halides is 2. The minimum absolute atomic E-state index is 0.141. The molecule has 0 radical (unpaired) electrons. The highest BCUT2D eigenvalue weighted by atomic mass is 127. The number of aromatic nitrogens is 1. The molecule has 4 nitrogen and oxygen atoms in total. The van der Waals surface area contributed by atoms with Gasteiger partial charge in [-0.2, -0.15) is 0 Å². The fourth-order valence-electron chi connectivity index (χ4n) is 1.09. The van der Waals surface area contributed by atoms with Gasteiger partial charge in [0.25, 0.3) is 6.43 Å². The second kappa shape index (κ2) is 4.69. The molecule has 0 unspecified atom stereocenters. The Morgan fingerprint density at radius 1 is 1.60 bits per heavy atom. The molecular formula is C8H6F2INO3. The normalized spacial score (nSPS) is 10.7. The van der Waals surface area contributed by atoms with Gasteiger partial charge in [0.15, 0.2) is 0 Å². The van der Waals surface area contributed by atoms with E-state index in [0.717, 1.165) is 6.20 Å². The smallest absolute Gasteiger partial charge is 0.307 e. The summed E-state index contributed by atoms with van der Waals surface area (Å²) in [5, 5.41) is 17.7. The number of rotatable bonds is 3. The Balaban J connectivity index is 3.31. The molecule has 0 aliphatic carbocycles. The number of hydrogen-bond donors (Lipinski definition) is 2. The quantitative estimate of drug-likeness (QED) is 0.657. The molecule has 2 N–H and O–H groups in total.